The van der Waals surface area contributed by atoms with Crippen LogP contribution in [0.4, 0.5) is 11.8 Å². The van der Waals surface area contributed by atoms with Crippen molar-refractivity contribution in [3.05, 3.63) is 6.20 Å². The summed E-state index contributed by atoms with van der Waals surface area (Å²) < 4.78 is 0. The van der Waals surface area contributed by atoms with E-state index in [2.05, 4.69) is 51.3 Å². The van der Waals surface area contributed by atoms with Crippen molar-refractivity contribution in [2.75, 3.05) is 31.2 Å². The van der Waals surface area contributed by atoms with E-state index in [1.165, 1.54) is 0 Å². The van der Waals surface area contributed by atoms with Gasteiger partial charge in [-0.25, -0.2) is 0 Å². The van der Waals surface area contributed by atoms with Crippen LogP contribution < -0.4 is 11.1 Å². The molecule has 104 valence electrons. The molecule has 2 rings (SSSR count). The fourth-order valence-electron chi connectivity index (χ4n) is 1.87. The van der Waals surface area contributed by atoms with Gasteiger partial charge < -0.3 is 16.0 Å². The van der Waals surface area contributed by atoms with Crippen LogP contribution >= 0.6 is 0 Å². The van der Waals surface area contributed by atoms with Gasteiger partial charge in [0.05, 0.1) is 11.6 Å². The van der Waals surface area contributed by atoms with Gasteiger partial charge in [-0.05, 0) is 20.4 Å². The first-order valence-corrected chi connectivity index (χ1v) is 6.52. The molecule has 4 N–H and O–H groups in total. The Morgan fingerprint density at radius 1 is 1.47 bits per heavy atom. The minimum atomic E-state index is 0.245. The molecule has 0 aliphatic carbocycles. The standard InChI is InChI=1S/C12H21N7/c1-4-8(2)19(3)6-5-14-10-9-7-15-18-11(9)17-12(13)16-10/h7-8H,4-6H2,1-3H3,(H4,13,14,15,16,17,18). The van der Waals surface area contributed by atoms with Crippen LogP contribution in [0.2, 0.25) is 0 Å². The van der Waals surface area contributed by atoms with Gasteiger partial charge in [-0.15, -0.1) is 0 Å². The second kappa shape index (κ2) is 5.83. The van der Waals surface area contributed by atoms with Crippen molar-refractivity contribution in [2.45, 2.75) is 26.3 Å². The summed E-state index contributed by atoms with van der Waals surface area (Å²) in [6.07, 6.45) is 2.85. The number of likely N-dealkylation sites (N-methyl/N-ethyl adjacent to an activating group) is 1. The number of nitrogen functional groups attached to an aromatic ring is 1. The molecule has 7 heteroatoms. The molecule has 7 nitrogen and oxygen atoms in total. The van der Waals surface area contributed by atoms with Crippen LogP contribution in [0.15, 0.2) is 6.20 Å². The molecule has 19 heavy (non-hydrogen) atoms. The summed E-state index contributed by atoms with van der Waals surface area (Å²) in [6, 6.07) is 0.575. The lowest BCUT2D eigenvalue weighted by molar-refractivity contribution is 0.261. The second-order valence-electron chi connectivity index (χ2n) is 4.73. The van der Waals surface area contributed by atoms with Gasteiger partial charge in [0, 0.05) is 19.1 Å². The third-order valence-corrected chi connectivity index (χ3v) is 3.43. The molecule has 0 bridgehead atoms. The van der Waals surface area contributed by atoms with Crippen molar-refractivity contribution in [1.82, 2.24) is 25.1 Å². The zero-order chi connectivity index (χ0) is 13.8. The highest BCUT2D eigenvalue weighted by atomic mass is 15.2. The molecule has 0 saturated heterocycles. The van der Waals surface area contributed by atoms with Crippen LogP contribution in [0, 0.1) is 0 Å². The maximum Gasteiger partial charge on any atom is 0.224 e. The fourth-order valence-corrected chi connectivity index (χ4v) is 1.87. The molecule has 1 unspecified atom stereocenters. The first-order chi connectivity index (χ1) is 9.11. The summed E-state index contributed by atoms with van der Waals surface area (Å²) in [4.78, 5) is 10.6. The smallest absolute Gasteiger partial charge is 0.224 e. The van der Waals surface area contributed by atoms with Crippen LogP contribution in [0.25, 0.3) is 11.0 Å². The topological polar surface area (TPSA) is 95.7 Å². The Labute approximate surface area is 112 Å². The van der Waals surface area contributed by atoms with Crippen LogP contribution in [0.1, 0.15) is 20.3 Å². The molecule has 2 aromatic rings. The number of nitrogens with two attached hydrogens (primary N) is 1. The van der Waals surface area contributed by atoms with Crippen molar-refractivity contribution in [3.63, 3.8) is 0 Å². The van der Waals surface area contributed by atoms with Gasteiger partial charge in [-0.1, -0.05) is 6.92 Å². The Bertz CT molecular complexity index is 536. The zero-order valence-electron chi connectivity index (χ0n) is 11.6. The van der Waals surface area contributed by atoms with E-state index >= 15 is 0 Å². The highest BCUT2D eigenvalue weighted by Crippen LogP contribution is 2.18. The highest BCUT2D eigenvalue weighted by Gasteiger charge is 2.09. The van der Waals surface area contributed by atoms with Crippen molar-refractivity contribution in [1.29, 1.82) is 0 Å². The van der Waals surface area contributed by atoms with E-state index in [4.69, 9.17) is 5.73 Å². The third kappa shape index (κ3) is 3.11. The summed E-state index contributed by atoms with van der Waals surface area (Å²) in [6.45, 7) is 6.15. The van der Waals surface area contributed by atoms with E-state index in [1.54, 1.807) is 6.20 Å². The number of rotatable bonds is 6. The maximum atomic E-state index is 5.66. The minimum absolute atomic E-state index is 0.245. The maximum absolute atomic E-state index is 5.66. The highest BCUT2D eigenvalue weighted by molar-refractivity contribution is 5.86. The summed E-state index contributed by atoms with van der Waals surface area (Å²) in [5, 5.41) is 10.9. The summed E-state index contributed by atoms with van der Waals surface area (Å²) in [7, 11) is 2.12. The summed E-state index contributed by atoms with van der Waals surface area (Å²) in [5.74, 6) is 0.975. The lowest BCUT2D eigenvalue weighted by Crippen LogP contribution is -2.32. The molecule has 2 heterocycles. The molecular weight excluding hydrogens is 242 g/mol. The van der Waals surface area contributed by atoms with Crippen molar-refractivity contribution in [2.24, 2.45) is 0 Å². The molecule has 0 spiro atoms. The Morgan fingerprint density at radius 3 is 3.00 bits per heavy atom. The van der Waals surface area contributed by atoms with Gasteiger partial charge in [-0.3, -0.25) is 5.10 Å². The summed E-state index contributed by atoms with van der Waals surface area (Å²) in [5.41, 5.74) is 6.32. The number of aromatic amines is 1. The molecule has 0 aliphatic heterocycles. The van der Waals surface area contributed by atoms with E-state index in [9.17, 15) is 0 Å². The van der Waals surface area contributed by atoms with E-state index in [1.807, 2.05) is 0 Å². The molecule has 0 aliphatic rings. The lowest BCUT2D eigenvalue weighted by Gasteiger charge is -2.23. The Balaban J connectivity index is 2.00. The molecule has 2 aromatic heterocycles. The molecule has 0 radical (unpaired) electrons. The van der Waals surface area contributed by atoms with E-state index in [-0.39, 0.29) is 5.95 Å². The number of H-pyrrole nitrogens is 1. The quantitative estimate of drug-likeness (QED) is 0.721. The zero-order valence-corrected chi connectivity index (χ0v) is 11.6. The third-order valence-electron chi connectivity index (χ3n) is 3.43. The van der Waals surface area contributed by atoms with Crippen LogP contribution in [-0.2, 0) is 0 Å². The monoisotopic (exact) mass is 263 g/mol. The fraction of sp³-hybridized carbons (Fsp3) is 0.583. The second-order valence-corrected chi connectivity index (χ2v) is 4.73. The average molecular weight is 263 g/mol. The first kappa shape index (κ1) is 13.5. The van der Waals surface area contributed by atoms with Crippen molar-refractivity contribution in [3.8, 4) is 0 Å². The number of nitrogens with one attached hydrogen (secondary N) is 2. The Hall–Kier alpha value is -1.89. The van der Waals surface area contributed by atoms with Gasteiger partial charge >= 0.3 is 0 Å². The number of aromatic nitrogens is 4. The predicted octanol–water partition coefficient (Wildman–Crippen LogP) is 1.08. The molecule has 0 fully saturated rings. The normalized spacial score (nSPS) is 13.1. The number of hydrogen-bond donors (Lipinski definition) is 3. The van der Waals surface area contributed by atoms with Gasteiger partial charge in [0.2, 0.25) is 5.95 Å². The largest absolute Gasteiger partial charge is 0.368 e. The molecule has 0 amide bonds. The van der Waals surface area contributed by atoms with Crippen molar-refractivity contribution < 1.29 is 0 Å². The minimum Gasteiger partial charge on any atom is -0.368 e. The molecular formula is C12H21N7. The first-order valence-electron chi connectivity index (χ1n) is 6.52. The molecule has 0 saturated carbocycles. The van der Waals surface area contributed by atoms with Gasteiger partial charge in [0.15, 0.2) is 5.65 Å². The molecule has 0 aromatic carbocycles. The van der Waals surface area contributed by atoms with Crippen LogP contribution in [-0.4, -0.2) is 51.2 Å². The van der Waals surface area contributed by atoms with Gasteiger partial charge in [0.25, 0.3) is 0 Å². The van der Waals surface area contributed by atoms with E-state index < -0.39 is 0 Å². The number of nitrogens with zero attached hydrogens (tertiary/aromatic N) is 4. The Kier molecular flexibility index (Phi) is 4.16. The predicted molar refractivity (Wildman–Crippen MR) is 77.0 cm³/mol. The van der Waals surface area contributed by atoms with Crippen LogP contribution in [0.5, 0.6) is 0 Å². The van der Waals surface area contributed by atoms with Crippen LogP contribution in [0.3, 0.4) is 0 Å². The number of hydrogen-bond acceptors (Lipinski definition) is 6. The van der Waals surface area contributed by atoms with E-state index in [0.717, 1.165) is 30.7 Å². The van der Waals surface area contributed by atoms with Gasteiger partial charge in [0.1, 0.15) is 5.82 Å². The average Bonchev–Trinajstić information content (AvgIpc) is 2.85. The lowest BCUT2D eigenvalue weighted by atomic mass is 10.2. The summed E-state index contributed by atoms with van der Waals surface area (Å²) >= 11 is 0. The van der Waals surface area contributed by atoms with E-state index in [0.29, 0.717) is 11.7 Å². The van der Waals surface area contributed by atoms with Gasteiger partial charge in [-0.2, -0.15) is 15.1 Å². The SMILES string of the molecule is CCC(C)N(C)CCNc1nc(N)nc2[nH]ncc12. The Morgan fingerprint density at radius 2 is 2.26 bits per heavy atom. The number of fused-ring (bicyclic) bond motifs is 1. The molecule has 1 atom stereocenters. The van der Waals surface area contributed by atoms with Crippen molar-refractivity contribution >= 4 is 22.8 Å². The number of anilines is 2.